The standard InChI is InChI=1S/C15H21NO3/c1-11-7-5-6-8-12(11)9-10-16(4)13(17)15(2,3)14(18)19/h5-8H,9-10H2,1-4H3,(H,18,19). The van der Waals surface area contributed by atoms with Gasteiger partial charge in [-0.15, -0.1) is 0 Å². The summed E-state index contributed by atoms with van der Waals surface area (Å²) in [5, 5.41) is 9.04. The third kappa shape index (κ3) is 3.56. The van der Waals surface area contributed by atoms with Crippen molar-refractivity contribution in [2.75, 3.05) is 13.6 Å². The molecule has 1 rings (SSSR count). The van der Waals surface area contributed by atoms with Crippen LogP contribution in [0.1, 0.15) is 25.0 Å². The molecule has 0 aliphatic carbocycles. The fraction of sp³-hybridized carbons (Fsp3) is 0.467. The molecule has 0 aliphatic rings. The molecule has 0 fully saturated rings. The zero-order valence-electron chi connectivity index (χ0n) is 11.9. The second kappa shape index (κ2) is 5.87. The molecule has 1 aromatic rings. The van der Waals surface area contributed by atoms with Crippen LogP contribution in [0.3, 0.4) is 0 Å². The number of likely N-dealkylation sites (N-methyl/N-ethyl adjacent to an activating group) is 1. The van der Waals surface area contributed by atoms with Crippen LogP contribution in [-0.4, -0.2) is 35.5 Å². The van der Waals surface area contributed by atoms with Crippen LogP contribution in [-0.2, 0) is 16.0 Å². The van der Waals surface area contributed by atoms with Crippen molar-refractivity contribution in [2.45, 2.75) is 27.2 Å². The van der Waals surface area contributed by atoms with Crippen molar-refractivity contribution in [2.24, 2.45) is 5.41 Å². The lowest BCUT2D eigenvalue weighted by Crippen LogP contribution is -2.44. The number of carboxylic acids is 1. The number of nitrogens with zero attached hydrogens (tertiary/aromatic N) is 1. The largest absolute Gasteiger partial charge is 0.480 e. The third-order valence-corrected chi connectivity index (χ3v) is 3.39. The lowest BCUT2D eigenvalue weighted by atomic mass is 9.92. The molecule has 0 radical (unpaired) electrons. The number of amides is 1. The number of carbonyl (C=O) groups is 2. The molecule has 1 aromatic carbocycles. The van der Waals surface area contributed by atoms with Crippen LogP contribution in [0.15, 0.2) is 24.3 Å². The van der Waals surface area contributed by atoms with E-state index >= 15 is 0 Å². The summed E-state index contributed by atoms with van der Waals surface area (Å²) in [4.78, 5) is 24.6. The Morgan fingerprint density at radius 1 is 1.26 bits per heavy atom. The van der Waals surface area contributed by atoms with E-state index in [9.17, 15) is 9.59 Å². The minimum atomic E-state index is -1.37. The molecule has 0 saturated carbocycles. The van der Waals surface area contributed by atoms with E-state index in [4.69, 9.17) is 5.11 Å². The highest BCUT2D eigenvalue weighted by Gasteiger charge is 2.37. The van der Waals surface area contributed by atoms with Crippen LogP contribution in [0, 0.1) is 12.3 Å². The van der Waals surface area contributed by atoms with Crippen LogP contribution in [0.25, 0.3) is 0 Å². The van der Waals surface area contributed by atoms with Crippen molar-refractivity contribution in [3.63, 3.8) is 0 Å². The van der Waals surface area contributed by atoms with Crippen LogP contribution >= 0.6 is 0 Å². The lowest BCUT2D eigenvalue weighted by molar-refractivity contribution is -0.157. The molecule has 4 nitrogen and oxygen atoms in total. The molecule has 19 heavy (non-hydrogen) atoms. The quantitative estimate of drug-likeness (QED) is 0.828. The molecule has 0 aromatic heterocycles. The Hall–Kier alpha value is -1.84. The molecular weight excluding hydrogens is 242 g/mol. The van der Waals surface area contributed by atoms with Gasteiger partial charge in [0.25, 0.3) is 0 Å². The van der Waals surface area contributed by atoms with Gasteiger partial charge in [-0.05, 0) is 38.3 Å². The van der Waals surface area contributed by atoms with Gasteiger partial charge in [-0.1, -0.05) is 24.3 Å². The summed E-state index contributed by atoms with van der Waals surface area (Å²) in [6, 6.07) is 7.99. The molecule has 0 atom stereocenters. The zero-order valence-corrected chi connectivity index (χ0v) is 11.9. The number of hydrogen-bond donors (Lipinski definition) is 1. The summed E-state index contributed by atoms with van der Waals surface area (Å²) in [6.07, 6.45) is 0.727. The van der Waals surface area contributed by atoms with Gasteiger partial charge in [-0.3, -0.25) is 9.59 Å². The summed E-state index contributed by atoms with van der Waals surface area (Å²) in [6.45, 7) is 5.41. The van der Waals surface area contributed by atoms with Gasteiger partial charge in [-0.2, -0.15) is 0 Å². The molecule has 1 amide bonds. The van der Waals surface area contributed by atoms with Crippen LogP contribution in [0.4, 0.5) is 0 Å². The van der Waals surface area contributed by atoms with E-state index in [1.807, 2.05) is 31.2 Å². The number of rotatable bonds is 5. The SMILES string of the molecule is Cc1ccccc1CCN(C)C(=O)C(C)(C)C(=O)O. The van der Waals surface area contributed by atoms with Crippen molar-refractivity contribution in [3.05, 3.63) is 35.4 Å². The maximum Gasteiger partial charge on any atom is 0.318 e. The Labute approximate surface area is 114 Å². The monoisotopic (exact) mass is 263 g/mol. The van der Waals surface area contributed by atoms with Crippen molar-refractivity contribution in [1.82, 2.24) is 4.90 Å². The average molecular weight is 263 g/mol. The first-order chi connectivity index (χ1) is 8.76. The Kier molecular flexibility index (Phi) is 4.70. The van der Waals surface area contributed by atoms with E-state index in [-0.39, 0.29) is 5.91 Å². The number of carboxylic acid groups (broad SMARTS) is 1. The molecule has 0 aliphatic heterocycles. The van der Waals surface area contributed by atoms with Crippen molar-refractivity contribution in [3.8, 4) is 0 Å². The fourth-order valence-electron chi connectivity index (χ4n) is 1.85. The van der Waals surface area contributed by atoms with Gasteiger partial charge in [0, 0.05) is 13.6 Å². The lowest BCUT2D eigenvalue weighted by Gasteiger charge is -2.26. The fourth-order valence-corrected chi connectivity index (χ4v) is 1.85. The van der Waals surface area contributed by atoms with Gasteiger partial charge in [0.05, 0.1) is 0 Å². The highest BCUT2D eigenvalue weighted by Crippen LogP contribution is 2.19. The maximum absolute atomic E-state index is 12.1. The van der Waals surface area contributed by atoms with Crippen molar-refractivity contribution >= 4 is 11.9 Å². The molecule has 0 heterocycles. The number of hydrogen-bond acceptors (Lipinski definition) is 2. The first-order valence-corrected chi connectivity index (χ1v) is 6.30. The number of aryl methyl sites for hydroxylation is 1. The summed E-state index contributed by atoms with van der Waals surface area (Å²) >= 11 is 0. The Morgan fingerprint density at radius 3 is 2.37 bits per heavy atom. The van der Waals surface area contributed by atoms with Crippen LogP contribution in [0.5, 0.6) is 0 Å². The second-order valence-electron chi connectivity index (χ2n) is 5.33. The third-order valence-electron chi connectivity index (χ3n) is 3.39. The minimum absolute atomic E-state index is 0.367. The van der Waals surface area contributed by atoms with Crippen molar-refractivity contribution in [1.29, 1.82) is 0 Å². The molecule has 0 saturated heterocycles. The molecule has 104 valence electrons. The van der Waals surface area contributed by atoms with E-state index in [1.54, 1.807) is 7.05 Å². The Morgan fingerprint density at radius 2 is 1.84 bits per heavy atom. The topological polar surface area (TPSA) is 57.6 Å². The molecule has 4 heteroatoms. The first kappa shape index (κ1) is 15.2. The second-order valence-corrected chi connectivity index (χ2v) is 5.33. The number of aliphatic carboxylic acids is 1. The predicted octanol–water partition coefficient (Wildman–Crippen LogP) is 2.11. The van der Waals surface area contributed by atoms with Crippen LogP contribution < -0.4 is 0 Å². The molecule has 0 unspecified atom stereocenters. The normalized spacial score (nSPS) is 11.2. The van der Waals surface area contributed by atoms with E-state index in [0.717, 1.165) is 6.42 Å². The van der Waals surface area contributed by atoms with E-state index in [0.29, 0.717) is 6.54 Å². The predicted molar refractivity (Wildman–Crippen MR) is 73.9 cm³/mol. The molecule has 1 N–H and O–H groups in total. The first-order valence-electron chi connectivity index (χ1n) is 6.30. The Balaban J connectivity index is 2.66. The van der Waals surface area contributed by atoms with Gasteiger partial charge in [0.15, 0.2) is 0 Å². The van der Waals surface area contributed by atoms with E-state index in [1.165, 1.54) is 29.9 Å². The van der Waals surface area contributed by atoms with E-state index in [2.05, 4.69) is 0 Å². The molecule has 0 spiro atoms. The summed E-state index contributed by atoms with van der Waals surface area (Å²) in [5.41, 5.74) is 0.983. The van der Waals surface area contributed by atoms with Gasteiger partial charge < -0.3 is 10.0 Å². The average Bonchev–Trinajstić information content (AvgIpc) is 2.36. The molecule has 0 bridgehead atoms. The van der Waals surface area contributed by atoms with Gasteiger partial charge in [0.2, 0.25) is 5.91 Å². The van der Waals surface area contributed by atoms with Crippen molar-refractivity contribution < 1.29 is 14.7 Å². The highest BCUT2D eigenvalue weighted by molar-refractivity contribution is 6.00. The summed E-state index contributed by atoms with van der Waals surface area (Å²) < 4.78 is 0. The summed E-state index contributed by atoms with van der Waals surface area (Å²) in [5.74, 6) is -1.46. The van der Waals surface area contributed by atoms with Gasteiger partial charge >= 0.3 is 5.97 Å². The van der Waals surface area contributed by atoms with Gasteiger partial charge in [0.1, 0.15) is 5.41 Å². The minimum Gasteiger partial charge on any atom is -0.480 e. The maximum atomic E-state index is 12.1. The smallest absolute Gasteiger partial charge is 0.318 e. The number of carbonyl (C=O) groups excluding carboxylic acids is 1. The molecular formula is C15H21NO3. The zero-order chi connectivity index (χ0) is 14.6. The van der Waals surface area contributed by atoms with E-state index < -0.39 is 11.4 Å². The number of benzene rings is 1. The van der Waals surface area contributed by atoms with Crippen LogP contribution in [0.2, 0.25) is 0 Å². The summed E-state index contributed by atoms with van der Waals surface area (Å²) in [7, 11) is 1.64. The highest BCUT2D eigenvalue weighted by atomic mass is 16.4. The van der Waals surface area contributed by atoms with Gasteiger partial charge in [-0.25, -0.2) is 0 Å². The Bertz CT molecular complexity index is 480.